The van der Waals surface area contributed by atoms with Crippen LogP contribution in [0.25, 0.3) is 0 Å². The van der Waals surface area contributed by atoms with Crippen LogP contribution in [0.15, 0.2) is 0 Å². The van der Waals surface area contributed by atoms with Gasteiger partial charge in [0.2, 0.25) is 0 Å². The van der Waals surface area contributed by atoms with Crippen molar-refractivity contribution in [1.82, 2.24) is 0 Å². The number of carbonyl (C=O) groups is 2. The minimum atomic E-state index is -0.432. The van der Waals surface area contributed by atoms with E-state index in [2.05, 4.69) is 0 Å². The van der Waals surface area contributed by atoms with E-state index in [-0.39, 0.29) is 17.7 Å². The number of rotatable bonds is 0. The highest BCUT2D eigenvalue weighted by molar-refractivity contribution is 5.93. The molecule has 1 saturated heterocycles. The van der Waals surface area contributed by atoms with Gasteiger partial charge in [-0.1, -0.05) is 6.92 Å². The summed E-state index contributed by atoms with van der Waals surface area (Å²) < 4.78 is 4.98. The van der Waals surface area contributed by atoms with Gasteiger partial charge in [0.15, 0.2) is 11.9 Å². The van der Waals surface area contributed by atoms with Crippen molar-refractivity contribution in [3.63, 3.8) is 0 Å². The summed E-state index contributed by atoms with van der Waals surface area (Å²) in [5.74, 6) is 0.0351. The molecule has 2 aliphatic rings. The van der Waals surface area contributed by atoms with Crippen LogP contribution in [0, 0.1) is 11.3 Å². The first-order chi connectivity index (χ1) is 5.54. The number of ether oxygens (including phenoxy) is 1. The smallest absolute Gasteiger partial charge is 0.312 e. The van der Waals surface area contributed by atoms with Gasteiger partial charge in [0, 0.05) is 12.8 Å². The molecule has 0 unspecified atom stereocenters. The van der Waals surface area contributed by atoms with Crippen LogP contribution in [0.5, 0.6) is 0 Å². The van der Waals surface area contributed by atoms with Gasteiger partial charge >= 0.3 is 5.97 Å². The van der Waals surface area contributed by atoms with E-state index in [0.717, 1.165) is 0 Å². The summed E-state index contributed by atoms with van der Waals surface area (Å²) in [5.41, 5.74) is -0.390. The predicted octanol–water partition coefficient (Wildman–Crippen LogP) is 0.917. The molecule has 0 spiro atoms. The third kappa shape index (κ3) is 0.765. The Balaban J connectivity index is 2.37. The Bertz CT molecular complexity index is 258. The van der Waals surface area contributed by atoms with Crippen molar-refractivity contribution in [3.05, 3.63) is 0 Å². The summed E-state index contributed by atoms with van der Waals surface area (Å²) in [7, 11) is 0. The van der Waals surface area contributed by atoms with Crippen LogP contribution in [0.2, 0.25) is 0 Å². The second-order valence-electron chi connectivity index (χ2n) is 4.09. The first-order valence-corrected chi connectivity index (χ1v) is 4.28. The van der Waals surface area contributed by atoms with Gasteiger partial charge in [-0.15, -0.1) is 0 Å². The molecule has 0 radical (unpaired) electrons. The molecule has 3 nitrogen and oxygen atoms in total. The van der Waals surface area contributed by atoms with Crippen LogP contribution in [-0.2, 0) is 14.3 Å². The topological polar surface area (TPSA) is 43.4 Å². The van der Waals surface area contributed by atoms with Gasteiger partial charge in [-0.05, 0) is 12.8 Å². The Morgan fingerprint density at radius 1 is 1.50 bits per heavy atom. The number of hydrogen-bond donors (Lipinski definition) is 0. The van der Waals surface area contributed by atoms with Gasteiger partial charge in [0.1, 0.15) is 0 Å². The van der Waals surface area contributed by atoms with E-state index in [0.29, 0.717) is 12.8 Å². The molecule has 0 aromatic rings. The Morgan fingerprint density at radius 2 is 2.17 bits per heavy atom. The van der Waals surface area contributed by atoms with Gasteiger partial charge in [0.05, 0.1) is 5.41 Å². The number of carbonyl (C=O) groups excluding carboxylic acids is 2. The summed E-state index contributed by atoms with van der Waals surface area (Å²) in [6.45, 7) is 3.84. The second kappa shape index (κ2) is 2.09. The predicted molar refractivity (Wildman–Crippen MR) is 41.4 cm³/mol. The molecule has 0 aromatic carbocycles. The van der Waals surface area contributed by atoms with Crippen LogP contribution < -0.4 is 0 Å². The van der Waals surface area contributed by atoms with E-state index in [1.807, 2.05) is 13.8 Å². The van der Waals surface area contributed by atoms with Gasteiger partial charge < -0.3 is 4.74 Å². The summed E-state index contributed by atoms with van der Waals surface area (Å²) in [5, 5.41) is 0. The van der Waals surface area contributed by atoms with Crippen molar-refractivity contribution in [2.24, 2.45) is 11.3 Å². The maximum atomic E-state index is 11.4. The average molecular weight is 168 g/mol. The maximum Gasteiger partial charge on any atom is 0.312 e. The monoisotopic (exact) mass is 168 g/mol. The van der Waals surface area contributed by atoms with Crippen LogP contribution in [0.1, 0.15) is 26.7 Å². The third-order valence-corrected chi connectivity index (χ3v) is 3.28. The lowest BCUT2D eigenvalue weighted by molar-refractivity contribution is -0.150. The molecule has 3 heteroatoms. The molecule has 66 valence electrons. The summed E-state index contributed by atoms with van der Waals surface area (Å²) in [6, 6.07) is 0. The van der Waals surface area contributed by atoms with E-state index in [1.54, 1.807) is 0 Å². The Hall–Kier alpha value is -0.860. The molecular formula is C9H12O3. The standard InChI is InChI=1S/C9H12O3/c1-5-3-6(10)7-4-9(5,2)8(11)12-7/h5,7H,3-4H2,1-2H3/t5-,7+,9-/m0/s1. The lowest BCUT2D eigenvalue weighted by atomic mass is 9.69. The van der Waals surface area contributed by atoms with Crippen molar-refractivity contribution in [2.75, 3.05) is 0 Å². The number of hydrogen-bond acceptors (Lipinski definition) is 3. The Kier molecular flexibility index (Phi) is 1.35. The van der Waals surface area contributed by atoms with Crippen molar-refractivity contribution in [1.29, 1.82) is 0 Å². The molecule has 1 heterocycles. The lowest BCUT2D eigenvalue weighted by Crippen LogP contribution is -2.36. The highest BCUT2D eigenvalue weighted by Crippen LogP contribution is 2.46. The minimum absolute atomic E-state index is 0.0887. The molecular weight excluding hydrogens is 156 g/mol. The molecule has 2 rings (SSSR count). The summed E-state index contributed by atoms with van der Waals surface area (Å²) >= 11 is 0. The minimum Gasteiger partial charge on any atom is -0.454 e. The highest BCUT2D eigenvalue weighted by Gasteiger charge is 2.55. The van der Waals surface area contributed by atoms with E-state index in [1.165, 1.54) is 0 Å². The maximum absolute atomic E-state index is 11.4. The molecule has 2 bridgehead atoms. The zero-order valence-corrected chi connectivity index (χ0v) is 7.29. The quantitative estimate of drug-likeness (QED) is 0.505. The van der Waals surface area contributed by atoms with Crippen LogP contribution >= 0.6 is 0 Å². The van der Waals surface area contributed by atoms with Crippen molar-refractivity contribution >= 4 is 11.8 Å². The van der Waals surface area contributed by atoms with Gasteiger partial charge in [0.25, 0.3) is 0 Å². The van der Waals surface area contributed by atoms with Gasteiger partial charge in [-0.2, -0.15) is 0 Å². The van der Waals surface area contributed by atoms with E-state index < -0.39 is 11.5 Å². The van der Waals surface area contributed by atoms with Crippen LogP contribution in [-0.4, -0.2) is 17.9 Å². The number of Topliss-reactive ketones (excluding diaryl/α,β-unsaturated/α-hetero) is 1. The fraction of sp³-hybridized carbons (Fsp3) is 0.778. The molecule has 1 aliphatic carbocycles. The number of ketones is 1. The average Bonchev–Trinajstić information content (AvgIpc) is 2.25. The molecule has 1 saturated carbocycles. The van der Waals surface area contributed by atoms with E-state index >= 15 is 0 Å². The number of esters is 1. The normalized spacial score (nSPS) is 46.2. The zero-order valence-electron chi connectivity index (χ0n) is 7.29. The highest BCUT2D eigenvalue weighted by atomic mass is 16.6. The molecule has 12 heavy (non-hydrogen) atoms. The molecule has 0 aromatic heterocycles. The van der Waals surface area contributed by atoms with Gasteiger partial charge in [-0.25, -0.2) is 0 Å². The van der Waals surface area contributed by atoms with Crippen molar-refractivity contribution in [3.8, 4) is 0 Å². The van der Waals surface area contributed by atoms with Crippen LogP contribution in [0.4, 0.5) is 0 Å². The molecule has 3 atom stereocenters. The second-order valence-corrected chi connectivity index (χ2v) is 4.09. The fourth-order valence-electron chi connectivity index (χ4n) is 2.01. The zero-order chi connectivity index (χ0) is 8.93. The van der Waals surface area contributed by atoms with E-state index in [9.17, 15) is 9.59 Å². The number of fused-ring (bicyclic) bond motifs is 2. The van der Waals surface area contributed by atoms with Crippen molar-refractivity contribution < 1.29 is 14.3 Å². The summed E-state index contributed by atoms with van der Waals surface area (Å²) in [6.07, 6.45) is 0.650. The Morgan fingerprint density at radius 3 is 2.83 bits per heavy atom. The molecule has 1 aliphatic heterocycles. The largest absolute Gasteiger partial charge is 0.454 e. The molecule has 2 fully saturated rings. The SMILES string of the molecule is C[C@H]1CC(=O)[C@H]2C[C@]1(C)C(=O)O2. The van der Waals surface area contributed by atoms with Crippen LogP contribution in [0.3, 0.4) is 0 Å². The van der Waals surface area contributed by atoms with E-state index in [4.69, 9.17) is 4.74 Å². The molecule has 0 amide bonds. The van der Waals surface area contributed by atoms with Gasteiger partial charge in [-0.3, -0.25) is 9.59 Å². The molecule has 0 N–H and O–H groups in total. The first kappa shape index (κ1) is 7.77. The first-order valence-electron chi connectivity index (χ1n) is 4.28. The summed E-state index contributed by atoms with van der Waals surface area (Å²) in [4.78, 5) is 22.6. The lowest BCUT2D eigenvalue weighted by Gasteiger charge is -2.29. The third-order valence-electron chi connectivity index (χ3n) is 3.28. The Labute approximate surface area is 71.1 Å². The van der Waals surface area contributed by atoms with Crippen molar-refractivity contribution in [2.45, 2.75) is 32.8 Å². The fourth-order valence-corrected chi connectivity index (χ4v) is 2.01.